The first-order valence-electron chi connectivity index (χ1n) is 15.9. The second-order valence-corrected chi connectivity index (χ2v) is 12.0. The molecule has 2 aliphatic rings. The van der Waals surface area contributed by atoms with Gasteiger partial charge in [-0.1, -0.05) is 103 Å². The van der Waals surface area contributed by atoms with Crippen LogP contribution < -0.4 is 15.4 Å². The molecule has 2 N–H and O–H groups in total. The topological polar surface area (TPSA) is 53.6 Å². The molecule has 1 aliphatic carbocycles. The number of likely N-dealkylation sites (tertiary alicyclic amines) is 1. The van der Waals surface area contributed by atoms with Crippen LogP contribution >= 0.6 is 0 Å². The number of benzene rings is 4. The van der Waals surface area contributed by atoms with Gasteiger partial charge in [0.05, 0.1) is 5.54 Å². The number of anilines is 1. The minimum atomic E-state index is -0.534. The summed E-state index contributed by atoms with van der Waals surface area (Å²) in [4.78, 5) is 16.0. The number of carbonyl (C=O) groups excluding carboxylic acids is 1. The smallest absolute Gasteiger partial charge is 0.227 e. The van der Waals surface area contributed by atoms with Crippen molar-refractivity contribution in [2.45, 2.75) is 50.1 Å². The van der Waals surface area contributed by atoms with Gasteiger partial charge in [-0.3, -0.25) is 15.0 Å². The van der Waals surface area contributed by atoms with E-state index in [1.165, 1.54) is 42.6 Å². The lowest BCUT2D eigenvalue weighted by molar-refractivity contribution is -0.121. The van der Waals surface area contributed by atoms with E-state index in [-0.39, 0.29) is 17.9 Å². The number of nitrogens with one attached hydrogen (secondary N) is 2. The number of carbonyl (C=O) groups is 1. The Bertz CT molecular complexity index is 1340. The van der Waals surface area contributed by atoms with Gasteiger partial charge in [0.2, 0.25) is 5.91 Å². The summed E-state index contributed by atoms with van der Waals surface area (Å²) in [6, 6.07) is 40.1. The molecule has 222 valence electrons. The molecule has 2 atom stereocenters. The normalized spacial score (nSPS) is 19.2. The molecule has 0 aromatic heterocycles. The van der Waals surface area contributed by atoms with E-state index in [2.05, 4.69) is 107 Å². The molecule has 0 unspecified atom stereocenters. The molecule has 2 fully saturated rings. The molecular weight excluding hydrogens is 530 g/mol. The van der Waals surface area contributed by atoms with E-state index in [0.29, 0.717) is 6.61 Å². The summed E-state index contributed by atoms with van der Waals surface area (Å²) in [5.74, 6) is 0.829. The van der Waals surface area contributed by atoms with E-state index in [1.807, 2.05) is 24.3 Å². The SMILES string of the molecule is O=C(Nc1cccc(OCCN2CCCC2)c1)[C@@H]1CCC[C@H](NC(c2ccccc2)(c2ccccc2)c2ccccc2)C1. The van der Waals surface area contributed by atoms with E-state index in [9.17, 15) is 4.79 Å². The molecular formula is C38H43N3O2. The first-order valence-corrected chi connectivity index (χ1v) is 15.9. The van der Waals surface area contributed by atoms with Crippen LogP contribution in [0.1, 0.15) is 55.2 Å². The first-order chi connectivity index (χ1) is 21.2. The largest absolute Gasteiger partial charge is 0.492 e. The fourth-order valence-electron chi connectivity index (χ4n) is 6.89. The van der Waals surface area contributed by atoms with Crippen LogP contribution in [0.5, 0.6) is 5.75 Å². The zero-order chi connectivity index (χ0) is 29.3. The summed E-state index contributed by atoms with van der Waals surface area (Å²) >= 11 is 0. The Kier molecular flexibility index (Phi) is 9.51. The lowest BCUT2D eigenvalue weighted by atomic mass is 9.75. The summed E-state index contributed by atoms with van der Waals surface area (Å²) in [6.07, 6.45) is 6.27. The predicted octanol–water partition coefficient (Wildman–Crippen LogP) is 7.24. The van der Waals surface area contributed by atoms with Crippen LogP contribution in [-0.2, 0) is 10.3 Å². The monoisotopic (exact) mass is 573 g/mol. The molecule has 4 aromatic carbocycles. The molecule has 1 amide bonds. The lowest BCUT2D eigenvalue weighted by Crippen LogP contribution is -2.51. The van der Waals surface area contributed by atoms with Crippen LogP contribution in [0.4, 0.5) is 5.69 Å². The van der Waals surface area contributed by atoms with Gasteiger partial charge < -0.3 is 10.1 Å². The van der Waals surface area contributed by atoms with Crippen molar-refractivity contribution in [3.63, 3.8) is 0 Å². The molecule has 1 aliphatic heterocycles. The van der Waals surface area contributed by atoms with Crippen molar-refractivity contribution in [1.82, 2.24) is 10.2 Å². The van der Waals surface area contributed by atoms with Crippen LogP contribution in [0.3, 0.4) is 0 Å². The molecule has 5 heteroatoms. The third kappa shape index (κ3) is 7.01. The molecule has 43 heavy (non-hydrogen) atoms. The second kappa shape index (κ2) is 14.0. The number of ether oxygens (including phenoxy) is 1. The number of nitrogens with zero attached hydrogens (tertiary/aromatic N) is 1. The standard InChI is InChI=1S/C38H43N3O2/c42-37(39-34-21-13-23-36(29-34)43-27-26-41-24-10-11-25-41)30-14-12-22-35(28-30)40-38(31-15-4-1-5-16-31,32-17-6-2-7-18-32)33-19-8-3-9-20-33/h1-9,13,15-21,23,29-30,35,40H,10-12,14,22,24-28H2,(H,39,42)/t30-,35+/m1/s1. The predicted molar refractivity (Wildman–Crippen MR) is 174 cm³/mol. The van der Waals surface area contributed by atoms with Gasteiger partial charge in [-0.2, -0.15) is 0 Å². The van der Waals surface area contributed by atoms with Crippen LogP contribution in [0.15, 0.2) is 115 Å². The maximum absolute atomic E-state index is 13.6. The number of hydrogen-bond acceptors (Lipinski definition) is 4. The lowest BCUT2D eigenvalue weighted by Gasteiger charge is -2.42. The molecule has 1 heterocycles. The van der Waals surface area contributed by atoms with E-state index in [4.69, 9.17) is 4.74 Å². The maximum Gasteiger partial charge on any atom is 0.227 e. The van der Waals surface area contributed by atoms with Crippen molar-refractivity contribution in [3.8, 4) is 5.75 Å². The van der Waals surface area contributed by atoms with Gasteiger partial charge in [0.1, 0.15) is 12.4 Å². The van der Waals surface area contributed by atoms with Crippen molar-refractivity contribution in [2.24, 2.45) is 5.92 Å². The second-order valence-electron chi connectivity index (χ2n) is 12.0. The van der Waals surface area contributed by atoms with Gasteiger partial charge in [0.15, 0.2) is 0 Å². The zero-order valence-corrected chi connectivity index (χ0v) is 25.0. The molecule has 5 nitrogen and oxygen atoms in total. The molecule has 0 bridgehead atoms. The quantitative estimate of drug-likeness (QED) is 0.186. The molecule has 0 radical (unpaired) electrons. The molecule has 6 rings (SSSR count). The average Bonchev–Trinajstić information content (AvgIpc) is 3.59. The van der Waals surface area contributed by atoms with E-state index >= 15 is 0 Å². The van der Waals surface area contributed by atoms with Gasteiger partial charge in [-0.15, -0.1) is 0 Å². The molecule has 1 saturated heterocycles. The summed E-state index contributed by atoms with van der Waals surface area (Å²) in [5.41, 5.74) is 3.85. The first kappa shape index (κ1) is 29.2. The summed E-state index contributed by atoms with van der Waals surface area (Å²) < 4.78 is 6.03. The van der Waals surface area contributed by atoms with Crippen LogP contribution in [0, 0.1) is 5.92 Å². The zero-order valence-electron chi connectivity index (χ0n) is 25.0. The Labute approximate surface area is 256 Å². The van der Waals surface area contributed by atoms with E-state index in [0.717, 1.165) is 43.7 Å². The Balaban J connectivity index is 1.18. The van der Waals surface area contributed by atoms with E-state index in [1.54, 1.807) is 0 Å². The Hall–Kier alpha value is -3.93. The van der Waals surface area contributed by atoms with E-state index < -0.39 is 5.54 Å². The van der Waals surface area contributed by atoms with Gasteiger partial charge >= 0.3 is 0 Å². The minimum absolute atomic E-state index is 0.0639. The van der Waals surface area contributed by atoms with Crippen LogP contribution in [-0.4, -0.2) is 43.1 Å². The Morgan fingerprint density at radius 3 is 1.95 bits per heavy atom. The van der Waals surface area contributed by atoms with Crippen molar-refractivity contribution in [2.75, 3.05) is 31.6 Å². The summed E-state index contributed by atoms with van der Waals surface area (Å²) in [7, 11) is 0. The highest BCUT2D eigenvalue weighted by Crippen LogP contribution is 2.39. The van der Waals surface area contributed by atoms with Crippen LogP contribution in [0.2, 0.25) is 0 Å². The average molecular weight is 574 g/mol. The molecule has 0 spiro atoms. The Morgan fingerprint density at radius 1 is 0.744 bits per heavy atom. The van der Waals surface area contributed by atoms with Gasteiger partial charge in [-0.05, 0) is 74.0 Å². The fourth-order valence-corrected chi connectivity index (χ4v) is 6.89. The van der Waals surface area contributed by atoms with Gasteiger partial charge in [0, 0.05) is 30.3 Å². The fraction of sp³-hybridized carbons (Fsp3) is 0.342. The summed E-state index contributed by atoms with van der Waals surface area (Å²) in [5, 5.41) is 7.32. The highest BCUT2D eigenvalue weighted by atomic mass is 16.5. The van der Waals surface area contributed by atoms with Crippen LogP contribution in [0.25, 0.3) is 0 Å². The third-order valence-electron chi connectivity index (χ3n) is 9.06. The number of hydrogen-bond donors (Lipinski definition) is 2. The molecule has 1 saturated carbocycles. The maximum atomic E-state index is 13.6. The van der Waals surface area contributed by atoms with Crippen molar-refractivity contribution in [3.05, 3.63) is 132 Å². The Morgan fingerprint density at radius 2 is 1.35 bits per heavy atom. The van der Waals surface area contributed by atoms with Crippen molar-refractivity contribution >= 4 is 11.6 Å². The highest BCUT2D eigenvalue weighted by Gasteiger charge is 2.40. The van der Waals surface area contributed by atoms with Crippen molar-refractivity contribution in [1.29, 1.82) is 0 Å². The molecule has 4 aromatic rings. The summed E-state index contributed by atoms with van der Waals surface area (Å²) in [6.45, 7) is 3.95. The minimum Gasteiger partial charge on any atom is -0.492 e. The van der Waals surface area contributed by atoms with Gasteiger partial charge in [-0.25, -0.2) is 0 Å². The number of rotatable bonds is 11. The van der Waals surface area contributed by atoms with Gasteiger partial charge in [0.25, 0.3) is 0 Å². The van der Waals surface area contributed by atoms with Crippen molar-refractivity contribution < 1.29 is 9.53 Å². The third-order valence-corrected chi connectivity index (χ3v) is 9.06. The number of amides is 1. The highest BCUT2D eigenvalue weighted by molar-refractivity contribution is 5.92.